The zero-order chi connectivity index (χ0) is 14.2. The third-order valence-electron chi connectivity index (χ3n) is 4.96. The maximum absolute atomic E-state index is 12.7. The number of carbonyl (C=O) groups excluding carboxylic acids is 1. The summed E-state index contributed by atoms with van der Waals surface area (Å²) in [6, 6.07) is 2.11. The molecule has 0 saturated carbocycles. The van der Waals surface area contributed by atoms with Crippen LogP contribution in [-0.4, -0.2) is 37.0 Å². The van der Waals surface area contributed by atoms with E-state index in [1.165, 1.54) is 12.0 Å². The zero-order valence-corrected chi connectivity index (χ0v) is 13.3. The normalized spacial score (nSPS) is 21.9. The van der Waals surface area contributed by atoms with Crippen LogP contribution in [0.5, 0.6) is 0 Å². The van der Waals surface area contributed by atoms with Crippen LogP contribution < -0.4 is 5.32 Å². The van der Waals surface area contributed by atoms with E-state index in [9.17, 15) is 4.79 Å². The summed E-state index contributed by atoms with van der Waals surface area (Å²) in [7, 11) is 0. The smallest absolute Gasteiger partial charge is 0.264 e. The van der Waals surface area contributed by atoms with E-state index in [-0.39, 0.29) is 5.91 Å². The van der Waals surface area contributed by atoms with Gasteiger partial charge in [0.1, 0.15) is 0 Å². The number of likely N-dealkylation sites (tertiary alicyclic amines) is 1. The van der Waals surface area contributed by atoms with Crippen LogP contribution in [0, 0.1) is 5.41 Å². The molecule has 3 rings (SSSR count). The van der Waals surface area contributed by atoms with E-state index in [1.54, 1.807) is 11.3 Å². The van der Waals surface area contributed by atoms with E-state index in [4.69, 9.17) is 0 Å². The van der Waals surface area contributed by atoms with E-state index in [0.717, 1.165) is 43.9 Å². The molecule has 0 aliphatic carbocycles. The summed E-state index contributed by atoms with van der Waals surface area (Å²) in [5, 5.41) is 5.53. The standard InChI is InChI=1S/C16H24N2OS/c1-12(2)13-3-10-20-14(13)15(19)18-8-5-16(6-9-18)4-7-17-11-16/h3,10,12,17H,4-9,11H2,1-2H3. The van der Waals surface area contributed by atoms with Crippen molar-refractivity contribution in [2.24, 2.45) is 5.41 Å². The van der Waals surface area contributed by atoms with Crippen LogP contribution in [-0.2, 0) is 0 Å². The molecule has 0 aromatic carbocycles. The summed E-state index contributed by atoms with van der Waals surface area (Å²) in [5.74, 6) is 0.680. The molecule has 0 unspecified atom stereocenters. The molecule has 20 heavy (non-hydrogen) atoms. The van der Waals surface area contributed by atoms with Crippen molar-refractivity contribution in [2.45, 2.75) is 39.0 Å². The van der Waals surface area contributed by atoms with Crippen molar-refractivity contribution in [3.8, 4) is 0 Å². The van der Waals surface area contributed by atoms with Crippen LogP contribution in [0.3, 0.4) is 0 Å². The van der Waals surface area contributed by atoms with Crippen molar-refractivity contribution in [2.75, 3.05) is 26.2 Å². The molecule has 1 aromatic heterocycles. The lowest BCUT2D eigenvalue weighted by molar-refractivity contribution is 0.0611. The second kappa shape index (κ2) is 5.49. The van der Waals surface area contributed by atoms with E-state index in [2.05, 4.69) is 35.5 Å². The van der Waals surface area contributed by atoms with Crippen molar-refractivity contribution < 1.29 is 4.79 Å². The molecule has 2 fully saturated rings. The SMILES string of the molecule is CC(C)c1ccsc1C(=O)N1CCC2(CCNC2)CC1. The first-order valence-electron chi connectivity index (χ1n) is 7.69. The quantitative estimate of drug-likeness (QED) is 0.908. The molecule has 4 heteroatoms. The molecule has 2 saturated heterocycles. The van der Waals surface area contributed by atoms with Gasteiger partial charge >= 0.3 is 0 Å². The Bertz CT molecular complexity index is 478. The van der Waals surface area contributed by atoms with Crippen molar-refractivity contribution in [1.82, 2.24) is 10.2 Å². The number of hydrogen-bond acceptors (Lipinski definition) is 3. The van der Waals surface area contributed by atoms with Gasteiger partial charge in [-0.3, -0.25) is 4.79 Å². The number of rotatable bonds is 2. The van der Waals surface area contributed by atoms with Crippen LogP contribution >= 0.6 is 11.3 Å². The molecule has 0 atom stereocenters. The van der Waals surface area contributed by atoms with E-state index in [0.29, 0.717) is 11.3 Å². The van der Waals surface area contributed by atoms with Crippen molar-refractivity contribution in [3.05, 3.63) is 21.9 Å². The highest BCUT2D eigenvalue weighted by Gasteiger charge is 2.38. The molecule has 0 bridgehead atoms. The Balaban J connectivity index is 1.68. The second-order valence-corrected chi connectivity index (χ2v) is 7.49. The Hall–Kier alpha value is -0.870. The molecule has 2 aliphatic rings. The van der Waals surface area contributed by atoms with Gasteiger partial charge in [0.2, 0.25) is 0 Å². The van der Waals surface area contributed by atoms with Gasteiger partial charge in [-0.25, -0.2) is 0 Å². The molecule has 1 spiro atoms. The minimum atomic E-state index is 0.254. The van der Waals surface area contributed by atoms with Crippen molar-refractivity contribution in [1.29, 1.82) is 0 Å². The van der Waals surface area contributed by atoms with Crippen LogP contribution in [0.15, 0.2) is 11.4 Å². The largest absolute Gasteiger partial charge is 0.338 e. The number of nitrogens with zero attached hydrogens (tertiary/aromatic N) is 1. The second-order valence-electron chi connectivity index (χ2n) is 6.58. The fraction of sp³-hybridized carbons (Fsp3) is 0.688. The number of thiophene rings is 1. The third kappa shape index (κ3) is 2.51. The number of piperidine rings is 1. The molecule has 0 radical (unpaired) electrons. The van der Waals surface area contributed by atoms with Gasteiger partial charge in [-0.15, -0.1) is 11.3 Å². The van der Waals surface area contributed by atoms with Crippen molar-refractivity contribution >= 4 is 17.2 Å². The highest BCUT2D eigenvalue weighted by atomic mass is 32.1. The first-order chi connectivity index (χ1) is 9.61. The first kappa shape index (κ1) is 14.1. The maximum atomic E-state index is 12.7. The molecule has 3 heterocycles. The summed E-state index contributed by atoms with van der Waals surface area (Å²) in [6.07, 6.45) is 3.60. The van der Waals surface area contributed by atoms with Crippen molar-refractivity contribution in [3.63, 3.8) is 0 Å². The van der Waals surface area contributed by atoms with E-state index < -0.39 is 0 Å². The molecule has 2 aliphatic heterocycles. The van der Waals surface area contributed by atoms with E-state index in [1.807, 2.05) is 0 Å². The fourth-order valence-electron chi connectivity index (χ4n) is 3.50. The predicted octanol–water partition coefficient (Wildman–Crippen LogP) is 3.09. The van der Waals surface area contributed by atoms with Gasteiger partial charge < -0.3 is 10.2 Å². The number of nitrogens with one attached hydrogen (secondary N) is 1. The summed E-state index contributed by atoms with van der Waals surface area (Å²) in [5.41, 5.74) is 1.69. The monoisotopic (exact) mass is 292 g/mol. The Kier molecular flexibility index (Phi) is 3.87. The maximum Gasteiger partial charge on any atom is 0.264 e. The number of carbonyl (C=O) groups is 1. The minimum absolute atomic E-state index is 0.254. The van der Waals surface area contributed by atoms with Gasteiger partial charge in [0.25, 0.3) is 5.91 Å². The highest BCUT2D eigenvalue weighted by molar-refractivity contribution is 7.12. The van der Waals surface area contributed by atoms with Crippen LogP contribution in [0.25, 0.3) is 0 Å². The Morgan fingerprint density at radius 2 is 2.10 bits per heavy atom. The molecule has 1 amide bonds. The van der Waals surface area contributed by atoms with Gasteiger partial charge in [0.05, 0.1) is 4.88 Å². The molecular weight excluding hydrogens is 268 g/mol. The Morgan fingerprint density at radius 1 is 1.35 bits per heavy atom. The summed E-state index contributed by atoms with van der Waals surface area (Å²) in [6.45, 7) is 8.47. The summed E-state index contributed by atoms with van der Waals surface area (Å²) in [4.78, 5) is 15.7. The van der Waals surface area contributed by atoms with Gasteiger partial charge in [-0.05, 0) is 54.1 Å². The number of amides is 1. The Morgan fingerprint density at radius 3 is 2.70 bits per heavy atom. The first-order valence-corrected chi connectivity index (χ1v) is 8.57. The average Bonchev–Trinajstić information content (AvgIpc) is 3.08. The highest BCUT2D eigenvalue weighted by Crippen LogP contribution is 2.37. The fourth-order valence-corrected chi connectivity index (χ4v) is 4.52. The molecule has 3 nitrogen and oxygen atoms in total. The lowest BCUT2D eigenvalue weighted by atomic mass is 9.78. The topological polar surface area (TPSA) is 32.3 Å². The molecule has 110 valence electrons. The molecule has 1 N–H and O–H groups in total. The minimum Gasteiger partial charge on any atom is -0.338 e. The van der Waals surface area contributed by atoms with Crippen LogP contribution in [0.4, 0.5) is 0 Å². The lowest BCUT2D eigenvalue weighted by Crippen LogP contribution is -2.44. The van der Waals surface area contributed by atoms with Crippen LogP contribution in [0.1, 0.15) is 54.3 Å². The molecular formula is C16H24N2OS. The van der Waals surface area contributed by atoms with Gasteiger partial charge in [-0.2, -0.15) is 0 Å². The summed E-state index contributed by atoms with van der Waals surface area (Å²) < 4.78 is 0. The zero-order valence-electron chi connectivity index (χ0n) is 12.4. The Labute approximate surface area is 125 Å². The third-order valence-corrected chi connectivity index (χ3v) is 5.87. The lowest BCUT2D eigenvalue weighted by Gasteiger charge is -2.38. The van der Waals surface area contributed by atoms with Crippen LogP contribution in [0.2, 0.25) is 0 Å². The van der Waals surface area contributed by atoms with Gasteiger partial charge in [-0.1, -0.05) is 13.8 Å². The summed E-state index contributed by atoms with van der Waals surface area (Å²) >= 11 is 1.60. The average molecular weight is 292 g/mol. The van der Waals surface area contributed by atoms with E-state index >= 15 is 0 Å². The van der Waals surface area contributed by atoms with Gasteiger partial charge in [0, 0.05) is 19.6 Å². The molecule has 1 aromatic rings. The van der Waals surface area contributed by atoms with Gasteiger partial charge in [0.15, 0.2) is 0 Å². The predicted molar refractivity (Wildman–Crippen MR) is 83.5 cm³/mol. The number of hydrogen-bond donors (Lipinski definition) is 1.